The van der Waals surface area contributed by atoms with Crippen LogP contribution in [-0.2, 0) is 29.6 Å². The standard InChI is InChI=1S/C20H25N3O8S2/c1-15-10-12-16(13-11-15)32(27,28)22-17(20(24)31-2)7-5-6-14-21-33(29,30)19-9-4-3-8-18(19)23(25)26/h3-4,8-13,17,21-22H,5-7,14H2,1-2H3/t17-/m0/s1. The number of carbonyl (C=O) groups is 1. The zero-order valence-electron chi connectivity index (χ0n) is 18.1. The molecule has 1 atom stereocenters. The fraction of sp³-hybridized carbons (Fsp3) is 0.350. The summed E-state index contributed by atoms with van der Waals surface area (Å²) in [4.78, 5) is 21.9. The first kappa shape index (κ1) is 26.4. The van der Waals surface area contributed by atoms with Gasteiger partial charge in [0.2, 0.25) is 20.0 Å². The molecule has 0 heterocycles. The number of sulfonamides is 2. The van der Waals surface area contributed by atoms with Crippen LogP contribution in [0.1, 0.15) is 24.8 Å². The van der Waals surface area contributed by atoms with Crippen molar-refractivity contribution in [3.8, 4) is 0 Å². The summed E-state index contributed by atoms with van der Waals surface area (Å²) in [5.41, 5.74) is 0.336. The summed E-state index contributed by atoms with van der Waals surface area (Å²) in [5, 5.41) is 11.1. The van der Waals surface area contributed by atoms with Gasteiger partial charge < -0.3 is 4.74 Å². The van der Waals surface area contributed by atoms with Gasteiger partial charge in [-0.25, -0.2) is 21.6 Å². The molecule has 0 unspecified atom stereocenters. The number of nitro benzene ring substituents is 1. The number of rotatable bonds is 12. The van der Waals surface area contributed by atoms with Gasteiger partial charge in [-0.15, -0.1) is 0 Å². The predicted molar refractivity (Wildman–Crippen MR) is 119 cm³/mol. The van der Waals surface area contributed by atoms with Crippen molar-refractivity contribution >= 4 is 31.7 Å². The van der Waals surface area contributed by atoms with Gasteiger partial charge in [-0.3, -0.25) is 14.9 Å². The highest BCUT2D eigenvalue weighted by molar-refractivity contribution is 7.89. The minimum Gasteiger partial charge on any atom is -0.468 e. The lowest BCUT2D eigenvalue weighted by Crippen LogP contribution is -2.41. The Hall–Kier alpha value is -2.87. The molecule has 11 nitrogen and oxygen atoms in total. The van der Waals surface area contributed by atoms with Crippen molar-refractivity contribution in [1.82, 2.24) is 9.44 Å². The third-order valence-corrected chi connectivity index (χ3v) is 7.67. The monoisotopic (exact) mass is 499 g/mol. The van der Waals surface area contributed by atoms with E-state index in [1.54, 1.807) is 12.1 Å². The highest BCUT2D eigenvalue weighted by atomic mass is 32.2. The van der Waals surface area contributed by atoms with Crippen molar-refractivity contribution in [3.05, 3.63) is 64.2 Å². The van der Waals surface area contributed by atoms with Gasteiger partial charge in [0.15, 0.2) is 4.90 Å². The fourth-order valence-electron chi connectivity index (χ4n) is 2.93. The number of esters is 1. The van der Waals surface area contributed by atoms with Crippen LogP contribution in [0.2, 0.25) is 0 Å². The molecule has 0 aliphatic carbocycles. The zero-order chi connectivity index (χ0) is 24.6. The van der Waals surface area contributed by atoms with E-state index in [0.29, 0.717) is 0 Å². The van der Waals surface area contributed by atoms with Gasteiger partial charge in [-0.1, -0.05) is 29.8 Å². The smallest absolute Gasteiger partial charge is 0.323 e. The molecule has 2 aromatic carbocycles. The van der Waals surface area contributed by atoms with Crippen LogP contribution in [0.15, 0.2) is 58.3 Å². The van der Waals surface area contributed by atoms with Crippen molar-refractivity contribution in [2.45, 2.75) is 42.0 Å². The van der Waals surface area contributed by atoms with Crippen LogP contribution in [0.3, 0.4) is 0 Å². The molecule has 0 aromatic heterocycles. The molecule has 2 N–H and O–H groups in total. The molecular weight excluding hydrogens is 474 g/mol. The second-order valence-electron chi connectivity index (χ2n) is 7.13. The molecular formula is C20H25N3O8S2. The number of carbonyl (C=O) groups excluding carboxylic acids is 1. The van der Waals surface area contributed by atoms with E-state index in [0.717, 1.165) is 24.8 Å². The van der Waals surface area contributed by atoms with Crippen LogP contribution in [0, 0.1) is 17.0 Å². The second kappa shape index (κ2) is 11.3. The number of unbranched alkanes of at least 4 members (excludes halogenated alkanes) is 1. The molecule has 13 heteroatoms. The summed E-state index contributed by atoms with van der Waals surface area (Å²) in [7, 11) is -6.96. The average molecular weight is 500 g/mol. The summed E-state index contributed by atoms with van der Waals surface area (Å²) in [6, 6.07) is 9.91. The van der Waals surface area contributed by atoms with E-state index < -0.39 is 47.6 Å². The Kier molecular flexibility index (Phi) is 9.05. The van der Waals surface area contributed by atoms with E-state index >= 15 is 0 Å². The maximum Gasteiger partial charge on any atom is 0.323 e. The first-order valence-corrected chi connectivity index (χ1v) is 12.8. The van der Waals surface area contributed by atoms with Crippen molar-refractivity contribution < 1.29 is 31.3 Å². The number of aryl methyl sites for hydroxylation is 1. The number of para-hydroxylation sites is 1. The van der Waals surface area contributed by atoms with E-state index in [1.807, 2.05) is 6.92 Å². The van der Waals surface area contributed by atoms with Gasteiger partial charge in [-0.05, 0) is 44.4 Å². The van der Waals surface area contributed by atoms with E-state index in [2.05, 4.69) is 14.2 Å². The maximum atomic E-state index is 12.6. The Balaban J connectivity index is 1.97. The average Bonchev–Trinajstić information content (AvgIpc) is 2.77. The molecule has 0 fully saturated rings. The van der Waals surface area contributed by atoms with Crippen molar-refractivity contribution in [1.29, 1.82) is 0 Å². The van der Waals surface area contributed by atoms with Crippen LogP contribution < -0.4 is 9.44 Å². The Morgan fingerprint density at radius 3 is 2.27 bits per heavy atom. The summed E-state index contributed by atoms with van der Waals surface area (Å²) < 4.78 is 59.2. The van der Waals surface area contributed by atoms with Gasteiger partial charge in [0.05, 0.1) is 16.9 Å². The summed E-state index contributed by atoms with van der Waals surface area (Å²) in [6.45, 7) is 1.75. The molecule has 0 saturated carbocycles. The summed E-state index contributed by atoms with van der Waals surface area (Å²) in [5.74, 6) is -0.772. The van der Waals surface area contributed by atoms with E-state index in [9.17, 15) is 31.7 Å². The molecule has 2 rings (SSSR count). The SMILES string of the molecule is COC(=O)[C@H](CCCCNS(=O)(=O)c1ccccc1[N+](=O)[O-])NS(=O)(=O)c1ccc(C)cc1. The second-order valence-corrected chi connectivity index (χ2v) is 10.6. The topological polar surface area (TPSA) is 162 Å². The molecule has 0 aliphatic heterocycles. The van der Waals surface area contributed by atoms with Crippen LogP contribution in [0.4, 0.5) is 5.69 Å². The highest BCUT2D eigenvalue weighted by Crippen LogP contribution is 2.22. The van der Waals surface area contributed by atoms with Crippen LogP contribution in [-0.4, -0.2) is 47.4 Å². The summed E-state index contributed by atoms with van der Waals surface area (Å²) >= 11 is 0. The van der Waals surface area contributed by atoms with Crippen molar-refractivity contribution in [2.75, 3.05) is 13.7 Å². The number of nitrogens with zero attached hydrogens (tertiary/aromatic N) is 1. The number of benzene rings is 2. The van der Waals surface area contributed by atoms with Gasteiger partial charge in [0.1, 0.15) is 6.04 Å². The number of hydrogen-bond donors (Lipinski definition) is 2. The molecule has 0 spiro atoms. The summed E-state index contributed by atoms with van der Waals surface area (Å²) in [6.07, 6.45) is 0.584. The lowest BCUT2D eigenvalue weighted by Gasteiger charge is -2.17. The Labute approximate surface area is 192 Å². The zero-order valence-corrected chi connectivity index (χ0v) is 19.7. The van der Waals surface area contributed by atoms with Gasteiger partial charge in [0, 0.05) is 12.6 Å². The Morgan fingerprint density at radius 2 is 1.67 bits per heavy atom. The molecule has 0 saturated heterocycles. The van der Waals surface area contributed by atoms with E-state index in [1.165, 1.54) is 24.3 Å². The normalized spacial score (nSPS) is 12.8. The largest absolute Gasteiger partial charge is 0.468 e. The number of nitro groups is 1. The lowest BCUT2D eigenvalue weighted by atomic mass is 10.1. The van der Waals surface area contributed by atoms with Gasteiger partial charge in [0.25, 0.3) is 5.69 Å². The van der Waals surface area contributed by atoms with Crippen LogP contribution >= 0.6 is 0 Å². The molecule has 180 valence electrons. The van der Waals surface area contributed by atoms with Crippen molar-refractivity contribution in [3.63, 3.8) is 0 Å². The number of hydrogen-bond acceptors (Lipinski definition) is 8. The minimum atomic E-state index is -4.12. The van der Waals surface area contributed by atoms with Crippen LogP contribution in [0.5, 0.6) is 0 Å². The third-order valence-electron chi connectivity index (χ3n) is 4.68. The first-order valence-electron chi connectivity index (χ1n) is 9.88. The molecule has 0 amide bonds. The minimum absolute atomic E-state index is 0.000724. The fourth-order valence-corrected chi connectivity index (χ4v) is 5.40. The quantitative estimate of drug-likeness (QED) is 0.194. The first-order chi connectivity index (χ1) is 15.5. The maximum absolute atomic E-state index is 12.6. The number of methoxy groups -OCH3 is 1. The highest BCUT2D eigenvalue weighted by Gasteiger charge is 2.27. The molecule has 0 radical (unpaired) electrons. The van der Waals surface area contributed by atoms with Crippen LogP contribution in [0.25, 0.3) is 0 Å². The lowest BCUT2D eigenvalue weighted by molar-refractivity contribution is -0.387. The third kappa shape index (κ3) is 7.32. The van der Waals surface area contributed by atoms with Gasteiger partial charge in [-0.2, -0.15) is 4.72 Å². The molecule has 0 bridgehead atoms. The molecule has 0 aliphatic rings. The Morgan fingerprint density at radius 1 is 1.03 bits per heavy atom. The Bertz CT molecular complexity index is 1200. The number of nitrogens with one attached hydrogen (secondary N) is 2. The predicted octanol–water partition coefficient (Wildman–Crippen LogP) is 1.87. The molecule has 2 aromatic rings. The van der Waals surface area contributed by atoms with Gasteiger partial charge >= 0.3 is 5.97 Å². The van der Waals surface area contributed by atoms with E-state index in [4.69, 9.17) is 0 Å². The van der Waals surface area contributed by atoms with Crippen molar-refractivity contribution in [2.24, 2.45) is 0 Å². The van der Waals surface area contributed by atoms with E-state index in [-0.39, 0.29) is 30.7 Å². The molecule has 33 heavy (non-hydrogen) atoms. The number of ether oxygens (including phenoxy) is 1.